The summed E-state index contributed by atoms with van der Waals surface area (Å²) in [6.07, 6.45) is -0.550. The normalized spacial score (nSPS) is 11.9. The Hall–Kier alpha value is -1.78. The van der Waals surface area contributed by atoms with E-state index in [-0.39, 0.29) is 5.91 Å². The molecule has 4 heteroatoms. The third-order valence-corrected chi connectivity index (χ3v) is 4.28. The standard InChI is InChI=1S/C18H21NO2S/c1-14-8-10-16(11-9-14)22-13-12-19-18(20)17(21-2)15-6-4-3-5-7-15/h3-11,17H,12-13H2,1-2H3,(H,19,20). The van der Waals surface area contributed by atoms with Gasteiger partial charge in [0.1, 0.15) is 0 Å². The van der Waals surface area contributed by atoms with Gasteiger partial charge in [-0.3, -0.25) is 4.79 Å². The van der Waals surface area contributed by atoms with Crippen molar-refractivity contribution in [2.75, 3.05) is 19.4 Å². The maximum atomic E-state index is 12.2. The van der Waals surface area contributed by atoms with Gasteiger partial charge in [0.25, 0.3) is 5.91 Å². The Balaban J connectivity index is 1.78. The molecule has 0 aliphatic rings. The largest absolute Gasteiger partial charge is 0.367 e. The lowest BCUT2D eigenvalue weighted by molar-refractivity contribution is -0.131. The van der Waals surface area contributed by atoms with Crippen LogP contribution in [0.2, 0.25) is 0 Å². The molecule has 3 nitrogen and oxygen atoms in total. The fraction of sp³-hybridized carbons (Fsp3) is 0.278. The Bertz CT molecular complexity index is 584. The monoisotopic (exact) mass is 315 g/mol. The molecule has 0 radical (unpaired) electrons. The van der Waals surface area contributed by atoms with E-state index < -0.39 is 6.10 Å². The Morgan fingerprint density at radius 2 is 1.82 bits per heavy atom. The number of carbonyl (C=O) groups excluding carboxylic acids is 1. The first-order chi connectivity index (χ1) is 10.7. The zero-order valence-electron chi connectivity index (χ0n) is 12.9. The van der Waals surface area contributed by atoms with E-state index in [4.69, 9.17) is 4.74 Å². The second kappa shape index (κ2) is 8.61. The van der Waals surface area contributed by atoms with E-state index in [1.54, 1.807) is 18.9 Å². The Morgan fingerprint density at radius 1 is 1.14 bits per heavy atom. The van der Waals surface area contributed by atoms with Crippen LogP contribution in [0.5, 0.6) is 0 Å². The van der Waals surface area contributed by atoms with E-state index in [1.165, 1.54) is 10.5 Å². The predicted octanol–water partition coefficient (Wildman–Crippen LogP) is 3.59. The SMILES string of the molecule is COC(C(=O)NCCSc1ccc(C)cc1)c1ccccc1. The van der Waals surface area contributed by atoms with Gasteiger partial charge in [-0.05, 0) is 24.6 Å². The van der Waals surface area contributed by atoms with Crippen LogP contribution in [0.3, 0.4) is 0 Å². The van der Waals surface area contributed by atoms with Gasteiger partial charge < -0.3 is 10.1 Å². The van der Waals surface area contributed by atoms with Crippen molar-refractivity contribution in [3.8, 4) is 0 Å². The number of methoxy groups -OCH3 is 1. The fourth-order valence-electron chi connectivity index (χ4n) is 2.09. The summed E-state index contributed by atoms with van der Waals surface area (Å²) in [6, 6.07) is 17.9. The van der Waals surface area contributed by atoms with Crippen molar-refractivity contribution >= 4 is 17.7 Å². The first kappa shape index (κ1) is 16.6. The molecule has 2 aromatic carbocycles. The molecule has 1 N–H and O–H groups in total. The van der Waals surface area contributed by atoms with Crippen molar-refractivity contribution in [1.82, 2.24) is 5.32 Å². The number of rotatable bonds is 7. The van der Waals surface area contributed by atoms with E-state index in [9.17, 15) is 4.79 Å². The summed E-state index contributed by atoms with van der Waals surface area (Å²) in [5.41, 5.74) is 2.12. The minimum absolute atomic E-state index is 0.0989. The van der Waals surface area contributed by atoms with Crippen molar-refractivity contribution in [3.63, 3.8) is 0 Å². The highest BCUT2D eigenvalue weighted by atomic mass is 32.2. The maximum absolute atomic E-state index is 12.2. The molecule has 0 bridgehead atoms. The number of aryl methyl sites for hydroxylation is 1. The number of benzene rings is 2. The van der Waals surface area contributed by atoms with Crippen molar-refractivity contribution in [2.45, 2.75) is 17.9 Å². The van der Waals surface area contributed by atoms with Crippen LogP contribution >= 0.6 is 11.8 Å². The molecule has 0 aromatic heterocycles. The lowest BCUT2D eigenvalue weighted by atomic mass is 10.1. The Kier molecular flexibility index (Phi) is 6.49. The molecular weight excluding hydrogens is 294 g/mol. The van der Waals surface area contributed by atoms with Gasteiger partial charge in [-0.2, -0.15) is 0 Å². The molecule has 22 heavy (non-hydrogen) atoms. The minimum atomic E-state index is -0.550. The summed E-state index contributed by atoms with van der Waals surface area (Å²) in [7, 11) is 1.55. The van der Waals surface area contributed by atoms with Crippen LogP contribution < -0.4 is 5.32 Å². The van der Waals surface area contributed by atoms with Crippen LogP contribution in [0.15, 0.2) is 59.5 Å². The van der Waals surface area contributed by atoms with Gasteiger partial charge in [0.15, 0.2) is 6.10 Å². The fourth-order valence-corrected chi connectivity index (χ4v) is 2.86. The summed E-state index contributed by atoms with van der Waals surface area (Å²) in [6.45, 7) is 2.69. The van der Waals surface area contributed by atoms with Gasteiger partial charge >= 0.3 is 0 Å². The number of hydrogen-bond donors (Lipinski definition) is 1. The molecule has 2 aromatic rings. The van der Waals surface area contributed by atoms with Gasteiger partial charge in [0.2, 0.25) is 0 Å². The molecule has 0 fully saturated rings. The van der Waals surface area contributed by atoms with Crippen molar-refractivity contribution < 1.29 is 9.53 Å². The number of ether oxygens (including phenoxy) is 1. The lowest BCUT2D eigenvalue weighted by Crippen LogP contribution is -2.32. The predicted molar refractivity (Wildman–Crippen MR) is 91.1 cm³/mol. The van der Waals surface area contributed by atoms with Gasteiger partial charge in [-0.1, -0.05) is 48.0 Å². The molecule has 116 valence electrons. The van der Waals surface area contributed by atoms with Crippen molar-refractivity contribution in [1.29, 1.82) is 0 Å². The number of carbonyl (C=O) groups is 1. The molecule has 1 atom stereocenters. The molecule has 0 saturated carbocycles. The van der Waals surface area contributed by atoms with Gasteiger partial charge in [0.05, 0.1) is 0 Å². The first-order valence-corrected chi connectivity index (χ1v) is 8.24. The Morgan fingerprint density at radius 3 is 2.45 bits per heavy atom. The van der Waals surface area contributed by atoms with E-state index in [1.807, 2.05) is 30.3 Å². The third-order valence-electron chi connectivity index (χ3n) is 3.27. The minimum Gasteiger partial charge on any atom is -0.367 e. The van der Waals surface area contributed by atoms with Crippen LogP contribution in [-0.4, -0.2) is 25.3 Å². The topological polar surface area (TPSA) is 38.3 Å². The Labute approximate surface area is 136 Å². The van der Waals surface area contributed by atoms with E-state index >= 15 is 0 Å². The molecule has 0 aliphatic heterocycles. The highest BCUT2D eigenvalue weighted by Crippen LogP contribution is 2.18. The molecule has 1 unspecified atom stereocenters. The van der Waals surface area contributed by atoms with E-state index in [2.05, 4.69) is 36.5 Å². The van der Waals surface area contributed by atoms with Gasteiger partial charge in [-0.15, -0.1) is 11.8 Å². The zero-order chi connectivity index (χ0) is 15.8. The van der Waals surface area contributed by atoms with Gasteiger partial charge in [0, 0.05) is 24.3 Å². The maximum Gasteiger partial charge on any atom is 0.253 e. The van der Waals surface area contributed by atoms with Crippen LogP contribution in [-0.2, 0) is 9.53 Å². The van der Waals surface area contributed by atoms with Gasteiger partial charge in [-0.25, -0.2) is 0 Å². The van der Waals surface area contributed by atoms with E-state index in [0.29, 0.717) is 6.54 Å². The zero-order valence-corrected chi connectivity index (χ0v) is 13.7. The van der Waals surface area contributed by atoms with Crippen LogP contribution in [0.1, 0.15) is 17.2 Å². The highest BCUT2D eigenvalue weighted by Gasteiger charge is 2.18. The molecule has 1 amide bonds. The smallest absolute Gasteiger partial charge is 0.253 e. The molecule has 0 heterocycles. The van der Waals surface area contributed by atoms with Crippen LogP contribution in [0.25, 0.3) is 0 Å². The molecule has 2 rings (SSSR count). The van der Waals surface area contributed by atoms with E-state index in [0.717, 1.165) is 11.3 Å². The van der Waals surface area contributed by atoms with Crippen LogP contribution in [0, 0.1) is 6.92 Å². The average molecular weight is 315 g/mol. The summed E-state index contributed by atoms with van der Waals surface area (Å²) in [5.74, 6) is 0.734. The number of amides is 1. The van der Waals surface area contributed by atoms with Crippen LogP contribution in [0.4, 0.5) is 0 Å². The second-order valence-electron chi connectivity index (χ2n) is 4.98. The number of nitrogens with one attached hydrogen (secondary N) is 1. The quantitative estimate of drug-likeness (QED) is 0.627. The first-order valence-electron chi connectivity index (χ1n) is 7.25. The molecule has 0 spiro atoms. The summed E-state index contributed by atoms with van der Waals surface area (Å²) in [5, 5.41) is 2.93. The summed E-state index contributed by atoms with van der Waals surface area (Å²) in [4.78, 5) is 13.4. The molecule has 0 aliphatic carbocycles. The molecular formula is C18H21NO2S. The summed E-state index contributed by atoms with van der Waals surface area (Å²) < 4.78 is 5.31. The number of hydrogen-bond acceptors (Lipinski definition) is 3. The average Bonchev–Trinajstić information content (AvgIpc) is 2.55. The lowest BCUT2D eigenvalue weighted by Gasteiger charge is -2.15. The van der Waals surface area contributed by atoms with Crippen molar-refractivity contribution in [2.24, 2.45) is 0 Å². The third kappa shape index (κ3) is 4.90. The second-order valence-corrected chi connectivity index (χ2v) is 6.15. The number of thioether (sulfide) groups is 1. The summed E-state index contributed by atoms with van der Waals surface area (Å²) >= 11 is 1.73. The highest BCUT2D eigenvalue weighted by molar-refractivity contribution is 7.99. The molecule has 0 saturated heterocycles. The van der Waals surface area contributed by atoms with Crippen molar-refractivity contribution in [3.05, 3.63) is 65.7 Å².